The lowest BCUT2D eigenvalue weighted by molar-refractivity contribution is 0.0697. The number of carboxylic acid groups (broad SMARTS) is 1. The van der Waals surface area contributed by atoms with Gasteiger partial charge < -0.3 is 15.3 Å². The van der Waals surface area contributed by atoms with Gasteiger partial charge in [-0.25, -0.2) is 4.79 Å². The molecule has 0 unspecified atom stereocenters. The molecule has 1 aromatic heterocycles. The number of likely N-dealkylation sites (tertiary alicyclic amines) is 1. The highest BCUT2D eigenvalue weighted by molar-refractivity contribution is 5.93. The third kappa shape index (κ3) is 3.20. The number of hydrogen-bond donors (Lipinski definition) is 2. The van der Waals surface area contributed by atoms with Crippen LogP contribution in [0.4, 0.5) is 5.69 Å². The third-order valence-electron chi connectivity index (χ3n) is 3.47. The molecular formula is C13H19N3O2. The van der Waals surface area contributed by atoms with E-state index in [1.807, 2.05) is 0 Å². The number of rotatable bonds is 4. The van der Waals surface area contributed by atoms with Crippen LogP contribution in [-0.2, 0) is 0 Å². The van der Waals surface area contributed by atoms with Crippen LogP contribution in [0.1, 0.15) is 23.2 Å². The Bertz CT molecular complexity index is 414. The monoisotopic (exact) mass is 249 g/mol. The van der Waals surface area contributed by atoms with E-state index in [0.29, 0.717) is 11.6 Å². The summed E-state index contributed by atoms with van der Waals surface area (Å²) in [5.74, 6) is -0.300. The molecule has 1 aliphatic heterocycles. The molecule has 2 N–H and O–H groups in total. The number of anilines is 1. The molecule has 0 spiro atoms. The van der Waals surface area contributed by atoms with Crippen LogP contribution in [0, 0.1) is 5.92 Å². The van der Waals surface area contributed by atoms with Gasteiger partial charge in [0.1, 0.15) is 0 Å². The summed E-state index contributed by atoms with van der Waals surface area (Å²) in [5, 5.41) is 12.3. The van der Waals surface area contributed by atoms with Crippen molar-refractivity contribution in [2.24, 2.45) is 5.92 Å². The first-order valence-corrected chi connectivity index (χ1v) is 6.26. The normalized spacial score (nSPS) is 17.6. The van der Waals surface area contributed by atoms with Crippen molar-refractivity contribution in [3.05, 3.63) is 24.0 Å². The fourth-order valence-electron chi connectivity index (χ4n) is 2.24. The molecule has 0 aliphatic carbocycles. The summed E-state index contributed by atoms with van der Waals surface area (Å²) in [4.78, 5) is 17.3. The van der Waals surface area contributed by atoms with E-state index in [1.54, 1.807) is 6.20 Å². The fourth-order valence-corrected chi connectivity index (χ4v) is 2.24. The molecule has 0 amide bonds. The SMILES string of the molecule is CN1CCC(CNc2cnccc2C(=O)O)CC1. The maximum atomic E-state index is 11.0. The van der Waals surface area contributed by atoms with Gasteiger partial charge in [0.05, 0.1) is 17.4 Å². The minimum atomic E-state index is -0.914. The second-order valence-corrected chi connectivity index (χ2v) is 4.85. The van der Waals surface area contributed by atoms with Gasteiger partial charge in [-0.05, 0) is 45.0 Å². The van der Waals surface area contributed by atoms with E-state index in [0.717, 1.165) is 32.5 Å². The van der Waals surface area contributed by atoms with E-state index >= 15 is 0 Å². The lowest BCUT2D eigenvalue weighted by Crippen LogP contribution is -2.33. The van der Waals surface area contributed by atoms with Gasteiger partial charge in [0, 0.05) is 12.7 Å². The molecule has 5 nitrogen and oxygen atoms in total. The fraction of sp³-hybridized carbons (Fsp3) is 0.538. The molecule has 1 aromatic rings. The van der Waals surface area contributed by atoms with Crippen molar-refractivity contribution in [2.75, 3.05) is 32.0 Å². The lowest BCUT2D eigenvalue weighted by Gasteiger charge is -2.29. The summed E-state index contributed by atoms with van der Waals surface area (Å²) < 4.78 is 0. The van der Waals surface area contributed by atoms with Crippen LogP contribution in [0.3, 0.4) is 0 Å². The Morgan fingerprint density at radius 1 is 1.56 bits per heavy atom. The first kappa shape index (κ1) is 12.8. The second-order valence-electron chi connectivity index (χ2n) is 4.85. The Kier molecular flexibility index (Phi) is 4.15. The predicted molar refractivity (Wildman–Crippen MR) is 69.9 cm³/mol. The maximum Gasteiger partial charge on any atom is 0.337 e. The highest BCUT2D eigenvalue weighted by atomic mass is 16.4. The largest absolute Gasteiger partial charge is 0.478 e. The zero-order valence-electron chi connectivity index (χ0n) is 10.6. The van der Waals surface area contributed by atoms with Crippen LogP contribution in [0.15, 0.2) is 18.5 Å². The molecule has 2 rings (SSSR count). The summed E-state index contributed by atoms with van der Waals surface area (Å²) in [6, 6.07) is 1.53. The highest BCUT2D eigenvalue weighted by Gasteiger charge is 2.17. The molecular weight excluding hydrogens is 230 g/mol. The third-order valence-corrected chi connectivity index (χ3v) is 3.47. The van der Waals surface area contributed by atoms with Gasteiger partial charge in [0.15, 0.2) is 0 Å². The smallest absolute Gasteiger partial charge is 0.337 e. The van der Waals surface area contributed by atoms with E-state index in [9.17, 15) is 4.79 Å². The van der Waals surface area contributed by atoms with Gasteiger partial charge in [-0.1, -0.05) is 0 Å². The van der Waals surface area contributed by atoms with Gasteiger partial charge in [-0.2, -0.15) is 0 Å². The minimum Gasteiger partial charge on any atom is -0.478 e. The van der Waals surface area contributed by atoms with E-state index in [-0.39, 0.29) is 5.56 Å². The number of hydrogen-bond acceptors (Lipinski definition) is 4. The summed E-state index contributed by atoms with van der Waals surface area (Å²) >= 11 is 0. The summed E-state index contributed by atoms with van der Waals surface area (Å²) in [6.45, 7) is 3.05. The number of piperidine rings is 1. The van der Waals surface area contributed by atoms with Crippen LogP contribution in [0.5, 0.6) is 0 Å². The van der Waals surface area contributed by atoms with Crippen LogP contribution >= 0.6 is 0 Å². The van der Waals surface area contributed by atoms with Crippen molar-refractivity contribution in [3.63, 3.8) is 0 Å². The average Bonchev–Trinajstić information content (AvgIpc) is 2.38. The van der Waals surface area contributed by atoms with Gasteiger partial charge in [-0.15, -0.1) is 0 Å². The molecule has 0 bridgehead atoms. The van der Waals surface area contributed by atoms with E-state index < -0.39 is 5.97 Å². The molecule has 98 valence electrons. The Balaban J connectivity index is 1.92. The number of aromatic nitrogens is 1. The second kappa shape index (κ2) is 5.82. The Morgan fingerprint density at radius 2 is 2.28 bits per heavy atom. The quantitative estimate of drug-likeness (QED) is 0.847. The van der Waals surface area contributed by atoms with E-state index in [1.165, 1.54) is 12.3 Å². The van der Waals surface area contributed by atoms with Gasteiger partial charge in [0.2, 0.25) is 0 Å². The topological polar surface area (TPSA) is 65.5 Å². The number of aromatic carboxylic acids is 1. The predicted octanol–water partition coefficient (Wildman–Crippen LogP) is 1.53. The Hall–Kier alpha value is -1.62. The van der Waals surface area contributed by atoms with Crippen LogP contribution in [-0.4, -0.2) is 47.6 Å². The number of carbonyl (C=O) groups is 1. The Labute approximate surface area is 107 Å². The van der Waals surface area contributed by atoms with Gasteiger partial charge in [-0.3, -0.25) is 4.98 Å². The standard InChI is InChI=1S/C13H19N3O2/c1-16-6-3-10(4-7-16)8-15-12-9-14-5-2-11(12)13(17)18/h2,5,9-10,15H,3-4,6-8H2,1H3,(H,17,18). The molecule has 1 saturated heterocycles. The molecule has 0 radical (unpaired) electrons. The minimum absolute atomic E-state index is 0.290. The van der Waals surface area contributed by atoms with Crippen molar-refractivity contribution < 1.29 is 9.90 Å². The highest BCUT2D eigenvalue weighted by Crippen LogP contribution is 2.19. The zero-order valence-corrected chi connectivity index (χ0v) is 10.6. The number of nitrogens with one attached hydrogen (secondary N) is 1. The Morgan fingerprint density at radius 3 is 2.94 bits per heavy atom. The van der Waals surface area contributed by atoms with E-state index in [2.05, 4.69) is 22.2 Å². The van der Waals surface area contributed by atoms with E-state index in [4.69, 9.17) is 5.11 Å². The van der Waals surface area contributed by atoms with Gasteiger partial charge >= 0.3 is 5.97 Å². The van der Waals surface area contributed by atoms with Crippen LogP contribution in [0.25, 0.3) is 0 Å². The first-order valence-electron chi connectivity index (χ1n) is 6.26. The lowest BCUT2D eigenvalue weighted by atomic mass is 9.97. The number of carboxylic acids is 1. The molecule has 5 heteroatoms. The van der Waals surface area contributed by atoms with Crippen molar-refractivity contribution in [1.82, 2.24) is 9.88 Å². The maximum absolute atomic E-state index is 11.0. The molecule has 1 aliphatic rings. The summed E-state index contributed by atoms with van der Waals surface area (Å²) in [6.07, 6.45) is 5.40. The summed E-state index contributed by atoms with van der Waals surface area (Å²) in [5.41, 5.74) is 0.904. The molecule has 2 heterocycles. The van der Waals surface area contributed by atoms with Crippen molar-refractivity contribution in [1.29, 1.82) is 0 Å². The average molecular weight is 249 g/mol. The van der Waals surface area contributed by atoms with Crippen LogP contribution < -0.4 is 5.32 Å². The van der Waals surface area contributed by atoms with Crippen molar-refractivity contribution in [2.45, 2.75) is 12.8 Å². The molecule has 0 aromatic carbocycles. The number of nitrogens with zero attached hydrogens (tertiary/aromatic N) is 2. The molecule has 1 fully saturated rings. The molecule has 18 heavy (non-hydrogen) atoms. The van der Waals surface area contributed by atoms with Crippen LogP contribution in [0.2, 0.25) is 0 Å². The first-order chi connectivity index (χ1) is 8.66. The summed E-state index contributed by atoms with van der Waals surface area (Å²) in [7, 11) is 2.13. The molecule has 0 atom stereocenters. The zero-order chi connectivity index (χ0) is 13.0. The molecule has 0 saturated carbocycles. The van der Waals surface area contributed by atoms with Crippen molar-refractivity contribution >= 4 is 11.7 Å². The van der Waals surface area contributed by atoms with Gasteiger partial charge in [0.25, 0.3) is 0 Å². The van der Waals surface area contributed by atoms with Crippen molar-refractivity contribution in [3.8, 4) is 0 Å². The number of pyridine rings is 1.